The van der Waals surface area contributed by atoms with Crippen molar-refractivity contribution in [2.24, 2.45) is 0 Å². The van der Waals surface area contributed by atoms with Crippen LogP contribution in [0, 0.1) is 0 Å². The fraction of sp³-hybridized carbons (Fsp3) is 0.222. The maximum absolute atomic E-state index is 11.1. The summed E-state index contributed by atoms with van der Waals surface area (Å²) in [6.45, 7) is 0.879. The van der Waals surface area contributed by atoms with E-state index in [1.165, 1.54) is 4.90 Å². The molecule has 0 aromatic heterocycles. The van der Waals surface area contributed by atoms with Gasteiger partial charge in [-0.1, -0.05) is 12.1 Å². The summed E-state index contributed by atoms with van der Waals surface area (Å²) in [7, 11) is 0. The van der Waals surface area contributed by atoms with E-state index in [-0.39, 0.29) is 5.75 Å². The molecule has 13 heavy (non-hydrogen) atoms. The molecule has 1 amide bonds. The van der Waals surface area contributed by atoms with Crippen molar-refractivity contribution >= 4 is 11.8 Å². The van der Waals surface area contributed by atoms with Crippen molar-refractivity contribution in [3.05, 3.63) is 24.3 Å². The molecule has 0 bridgehead atoms. The topological polar surface area (TPSA) is 49.8 Å². The van der Waals surface area contributed by atoms with Gasteiger partial charge in [0.15, 0.2) is 0 Å². The lowest BCUT2D eigenvalue weighted by Gasteiger charge is -2.13. The Bertz CT molecular complexity index is 337. The molecule has 4 nitrogen and oxygen atoms in total. The standard InChI is InChI=1S/C9H9NO3/c11-8-4-2-1-3-7(8)10-5-6-13-9(10)12/h1-4,11H,5-6H2. The van der Waals surface area contributed by atoms with Gasteiger partial charge in [-0.3, -0.25) is 4.90 Å². The van der Waals surface area contributed by atoms with Crippen molar-refractivity contribution in [2.45, 2.75) is 0 Å². The highest BCUT2D eigenvalue weighted by molar-refractivity contribution is 5.91. The molecule has 0 radical (unpaired) electrons. The molecular weight excluding hydrogens is 170 g/mol. The van der Waals surface area contributed by atoms with Gasteiger partial charge in [0.25, 0.3) is 0 Å². The molecule has 1 N–H and O–H groups in total. The minimum atomic E-state index is -0.401. The number of carbonyl (C=O) groups excluding carboxylic acids is 1. The van der Waals surface area contributed by atoms with E-state index in [0.717, 1.165) is 0 Å². The van der Waals surface area contributed by atoms with Crippen molar-refractivity contribution in [2.75, 3.05) is 18.1 Å². The molecule has 1 fully saturated rings. The average molecular weight is 179 g/mol. The molecule has 1 saturated heterocycles. The predicted molar refractivity (Wildman–Crippen MR) is 46.8 cm³/mol. The summed E-state index contributed by atoms with van der Waals surface area (Å²) in [6.07, 6.45) is -0.401. The molecule has 68 valence electrons. The highest BCUT2D eigenvalue weighted by atomic mass is 16.6. The fourth-order valence-corrected chi connectivity index (χ4v) is 1.30. The number of phenols is 1. The molecule has 1 heterocycles. The van der Waals surface area contributed by atoms with Gasteiger partial charge in [-0.25, -0.2) is 4.79 Å². The third-order valence-electron chi connectivity index (χ3n) is 1.93. The number of carbonyl (C=O) groups is 1. The second-order valence-electron chi connectivity index (χ2n) is 2.75. The van der Waals surface area contributed by atoms with Crippen LogP contribution in [-0.2, 0) is 4.74 Å². The van der Waals surface area contributed by atoms with E-state index in [0.29, 0.717) is 18.8 Å². The Morgan fingerprint density at radius 3 is 2.77 bits per heavy atom. The first-order chi connectivity index (χ1) is 6.29. The third-order valence-corrected chi connectivity index (χ3v) is 1.93. The minimum absolute atomic E-state index is 0.0985. The molecular formula is C9H9NO3. The van der Waals surface area contributed by atoms with Gasteiger partial charge < -0.3 is 9.84 Å². The number of cyclic esters (lactones) is 1. The Morgan fingerprint density at radius 2 is 2.15 bits per heavy atom. The second-order valence-corrected chi connectivity index (χ2v) is 2.75. The van der Waals surface area contributed by atoms with Crippen LogP contribution in [0.25, 0.3) is 0 Å². The highest BCUT2D eigenvalue weighted by Gasteiger charge is 2.25. The maximum Gasteiger partial charge on any atom is 0.414 e. The lowest BCUT2D eigenvalue weighted by atomic mass is 10.3. The van der Waals surface area contributed by atoms with Crippen molar-refractivity contribution in [1.29, 1.82) is 0 Å². The van der Waals surface area contributed by atoms with E-state index in [4.69, 9.17) is 4.74 Å². The number of phenolic OH excluding ortho intramolecular Hbond substituents is 1. The number of nitrogens with zero attached hydrogens (tertiary/aromatic N) is 1. The van der Waals surface area contributed by atoms with Gasteiger partial charge in [-0.2, -0.15) is 0 Å². The predicted octanol–water partition coefficient (Wildman–Crippen LogP) is 1.35. The molecule has 0 atom stereocenters. The van der Waals surface area contributed by atoms with Gasteiger partial charge in [0, 0.05) is 0 Å². The highest BCUT2D eigenvalue weighted by Crippen LogP contribution is 2.28. The van der Waals surface area contributed by atoms with E-state index in [1.807, 2.05) is 0 Å². The maximum atomic E-state index is 11.1. The molecule has 0 unspecified atom stereocenters. The van der Waals surface area contributed by atoms with Crippen molar-refractivity contribution in [1.82, 2.24) is 0 Å². The average Bonchev–Trinajstić information content (AvgIpc) is 2.52. The zero-order chi connectivity index (χ0) is 9.26. The van der Waals surface area contributed by atoms with Crippen molar-refractivity contribution in [3.63, 3.8) is 0 Å². The van der Waals surface area contributed by atoms with Crippen LogP contribution in [0.5, 0.6) is 5.75 Å². The number of rotatable bonds is 1. The van der Waals surface area contributed by atoms with Crippen LogP contribution in [0.15, 0.2) is 24.3 Å². The van der Waals surface area contributed by atoms with Gasteiger partial charge in [0.2, 0.25) is 0 Å². The van der Waals surface area contributed by atoms with E-state index >= 15 is 0 Å². The third kappa shape index (κ3) is 1.30. The van der Waals surface area contributed by atoms with Gasteiger partial charge >= 0.3 is 6.09 Å². The summed E-state index contributed by atoms with van der Waals surface area (Å²) >= 11 is 0. The lowest BCUT2D eigenvalue weighted by Crippen LogP contribution is -2.23. The van der Waals surface area contributed by atoms with Gasteiger partial charge in [-0.15, -0.1) is 0 Å². The number of para-hydroxylation sites is 2. The SMILES string of the molecule is O=C1OCCN1c1ccccc1O. The van der Waals surface area contributed by atoms with Crippen LogP contribution in [0.4, 0.5) is 10.5 Å². The molecule has 1 aliphatic heterocycles. The van der Waals surface area contributed by atoms with Crippen LogP contribution in [0.1, 0.15) is 0 Å². The normalized spacial score (nSPS) is 16.0. The van der Waals surface area contributed by atoms with Crippen LogP contribution in [-0.4, -0.2) is 24.4 Å². The van der Waals surface area contributed by atoms with Crippen LogP contribution >= 0.6 is 0 Å². The van der Waals surface area contributed by atoms with Crippen LogP contribution in [0.2, 0.25) is 0 Å². The number of anilines is 1. The van der Waals surface area contributed by atoms with Crippen molar-refractivity contribution in [3.8, 4) is 5.75 Å². The van der Waals surface area contributed by atoms with E-state index < -0.39 is 6.09 Å². The molecule has 1 aliphatic rings. The molecule has 1 aromatic carbocycles. The summed E-state index contributed by atoms with van der Waals surface area (Å²) in [4.78, 5) is 12.5. The number of benzene rings is 1. The first-order valence-electron chi connectivity index (χ1n) is 4.01. The Kier molecular flexibility index (Phi) is 1.81. The molecule has 0 saturated carbocycles. The fourth-order valence-electron chi connectivity index (χ4n) is 1.30. The summed E-state index contributed by atoms with van der Waals surface area (Å²) in [5.41, 5.74) is 0.505. The van der Waals surface area contributed by atoms with E-state index in [2.05, 4.69) is 0 Å². The molecule has 1 aromatic rings. The van der Waals surface area contributed by atoms with Crippen LogP contribution in [0.3, 0.4) is 0 Å². The van der Waals surface area contributed by atoms with Crippen LogP contribution < -0.4 is 4.90 Å². The Hall–Kier alpha value is -1.71. The summed E-state index contributed by atoms with van der Waals surface area (Å²) < 4.78 is 4.75. The molecule has 0 spiro atoms. The van der Waals surface area contributed by atoms with E-state index in [9.17, 15) is 9.90 Å². The lowest BCUT2D eigenvalue weighted by molar-refractivity contribution is 0.181. The van der Waals surface area contributed by atoms with E-state index in [1.54, 1.807) is 24.3 Å². The Morgan fingerprint density at radius 1 is 1.38 bits per heavy atom. The summed E-state index contributed by atoms with van der Waals surface area (Å²) in [5.74, 6) is 0.0985. The minimum Gasteiger partial charge on any atom is -0.506 e. The van der Waals surface area contributed by atoms with Gasteiger partial charge in [-0.05, 0) is 12.1 Å². The first kappa shape index (κ1) is 7.91. The smallest absolute Gasteiger partial charge is 0.414 e. The summed E-state index contributed by atoms with van der Waals surface area (Å²) in [5, 5.41) is 9.44. The largest absolute Gasteiger partial charge is 0.506 e. The Balaban J connectivity index is 2.34. The number of amides is 1. The first-order valence-corrected chi connectivity index (χ1v) is 4.01. The van der Waals surface area contributed by atoms with Gasteiger partial charge in [0.05, 0.1) is 12.2 Å². The Labute approximate surface area is 75.3 Å². The number of ether oxygens (including phenoxy) is 1. The zero-order valence-electron chi connectivity index (χ0n) is 6.93. The van der Waals surface area contributed by atoms with Gasteiger partial charge in [0.1, 0.15) is 12.4 Å². The number of hydrogen-bond acceptors (Lipinski definition) is 3. The number of hydrogen-bond donors (Lipinski definition) is 1. The van der Waals surface area contributed by atoms with Crippen molar-refractivity contribution < 1.29 is 14.6 Å². The monoisotopic (exact) mass is 179 g/mol. The molecule has 0 aliphatic carbocycles. The second kappa shape index (κ2) is 2.97. The quantitative estimate of drug-likeness (QED) is 0.707. The number of aromatic hydroxyl groups is 1. The zero-order valence-corrected chi connectivity index (χ0v) is 6.93. The molecule has 4 heteroatoms. The summed E-state index contributed by atoms with van der Waals surface area (Å²) in [6, 6.07) is 6.70. The molecule has 2 rings (SSSR count).